The van der Waals surface area contributed by atoms with E-state index in [1.807, 2.05) is 13.8 Å². The van der Waals surface area contributed by atoms with Gasteiger partial charge < -0.3 is 9.64 Å². The highest BCUT2D eigenvalue weighted by molar-refractivity contribution is 5.07. The molecule has 18 heavy (non-hydrogen) atoms. The van der Waals surface area contributed by atoms with Crippen LogP contribution in [0.15, 0.2) is 0 Å². The van der Waals surface area contributed by atoms with E-state index in [-0.39, 0.29) is 5.54 Å². The van der Waals surface area contributed by atoms with Gasteiger partial charge in [0.25, 0.3) is 0 Å². The van der Waals surface area contributed by atoms with Crippen molar-refractivity contribution in [2.75, 3.05) is 32.8 Å². The highest BCUT2D eigenvalue weighted by Crippen LogP contribution is 2.23. The fraction of sp³-hybridized carbons (Fsp3) is 0.929. The molecule has 0 radical (unpaired) electrons. The molecule has 0 amide bonds. The first kappa shape index (κ1) is 15.4. The number of nitriles is 1. The van der Waals surface area contributed by atoms with Crippen LogP contribution in [-0.2, 0) is 4.74 Å². The fourth-order valence-corrected chi connectivity index (χ4v) is 1.99. The number of hydrogen-bond donors (Lipinski definition) is 1. The standard InChI is InChI=1S/C14H27N3O/c1-4-17(10-11-18-5-2)9-8-14(3,12-15)16-13-6-7-13/h13,16H,4-11H2,1-3H3. The van der Waals surface area contributed by atoms with Crippen molar-refractivity contribution in [1.29, 1.82) is 5.26 Å². The molecule has 0 saturated heterocycles. The Hall–Kier alpha value is -0.630. The van der Waals surface area contributed by atoms with Crippen LogP contribution >= 0.6 is 0 Å². The van der Waals surface area contributed by atoms with Gasteiger partial charge in [0, 0.05) is 25.7 Å². The molecule has 0 aromatic rings. The monoisotopic (exact) mass is 253 g/mol. The molecule has 0 heterocycles. The van der Waals surface area contributed by atoms with Gasteiger partial charge in [-0.25, -0.2) is 0 Å². The molecule has 1 aliphatic carbocycles. The summed E-state index contributed by atoms with van der Waals surface area (Å²) in [6.45, 7) is 10.7. The predicted molar refractivity (Wildman–Crippen MR) is 73.4 cm³/mol. The quantitative estimate of drug-likeness (QED) is 0.603. The second-order valence-corrected chi connectivity index (χ2v) is 5.24. The molecule has 0 aromatic heterocycles. The van der Waals surface area contributed by atoms with Crippen LogP contribution in [0, 0.1) is 11.3 Å². The topological polar surface area (TPSA) is 48.3 Å². The van der Waals surface area contributed by atoms with E-state index in [1.54, 1.807) is 0 Å². The summed E-state index contributed by atoms with van der Waals surface area (Å²) in [7, 11) is 0. The van der Waals surface area contributed by atoms with Gasteiger partial charge in [0.15, 0.2) is 0 Å². The van der Waals surface area contributed by atoms with Gasteiger partial charge in [-0.3, -0.25) is 5.32 Å². The number of rotatable bonds is 10. The third-order valence-corrected chi connectivity index (χ3v) is 3.48. The molecular formula is C14H27N3O. The van der Waals surface area contributed by atoms with Crippen molar-refractivity contribution in [2.45, 2.75) is 51.6 Å². The van der Waals surface area contributed by atoms with E-state index in [1.165, 1.54) is 12.8 Å². The van der Waals surface area contributed by atoms with Gasteiger partial charge in [0.05, 0.1) is 12.7 Å². The van der Waals surface area contributed by atoms with Crippen LogP contribution in [0.1, 0.15) is 40.0 Å². The molecule has 1 atom stereocenters. The molecule has 1 N–H and O–H groups in total. The molecule has 4 heteroatoms. The molecular weight excluding hydrogens is 226 g/mol. The van der Waals surface area contributed by atoms with E-state index >= 15 is 0 Å². The average molecular weight is 253 g/mol. The van der Waals surface area contributed by atoms with Crippen LogP contribution in [0.4, 0.5) is 0 Å². The van der Waals surface area contributed by atoms with Crippen molar-refractivity contribution in [3.8, 4) is 6.07 Å². The van der Waals surface area contributed by atoms with Gasteiger partial charge in [-0.05, 0) is 39.7 Å². The van der Waals surface area contributed by atoms with Crippen LogP contribution in [0.3, 0.4) is 0 Å². The Kier molecular flexibility index (Phi) is 6.62. The smallest absolute Gasteiger partial charge is 0.105 e. The summed E-state index contributed by atoms with van der Waals surface area (Å²) in [4.78, 5) is 2.35. The molecule has 1 fully saturated rings. The summed E-state index contributed by atoms with van der Waals surface area (Å²) < 4.78 is 5.38. The fourth-order valence-electron chi connectivity index (χ4n) is 1.99. The highest BCUT2D eigenvalue weighted by atomic mass is 16.5. The van der Waals surface area contributed by atoms with Crippen molar-refractivity contribution < 1.29 is 4.74 Å². The lowest BCUT2D eigenvalue weighted by molar-refractivity contribution is 0.112. The molecule has 0 bridgehead atoms. The maximum atomic E-state index is 9.31. The third-order valence-electron chi connectivity index (χ3n) is 3.48. The first-order valence-corrected chi connectivity index (χ1v) is 7.12. The third kappa shape index (κ3) is 5.81. The SMILES string of the molecule is CCOCCN(CC)CCC(C)(C#N)NC1CC1. The minimum atomic E-state index is -0.375. The Balaban J connectivity index is 2.27. The van der Waals surface area contributed by atoms with Gasteiger partial charge in [-0.15, -0.1) is 0 Å². The zero-order chi connectivity index (χ0) is 13.4. The number of nitrogens with one attached hydrogen (secondary N) is 1. The summed E-state index contributed by atoms with van der Waals surface area (Å²) >= 11 is 0. The Bertz CT molecular complexity index is 273. The van der Waals surface area contributed by atoms with E-state index < -0.39 is 0 Å². The summed E-state index contributed by atoms with van der Waals surface area (Å²) in [6.07, 6.45) is 3.32. The van der Waals surface area contributed by atoms with Gasteiger partial charge in [-0.1, -0.05) is 6.92 Å². The molecule has 1 aliphatic rings. The van der Waals surface area contributed by atoms with Crippen molar-refractivity contribution in [3.05, 3.63) is 0 Å². The molecule has 1 rings (SSSR count). The van der Waals surface area contributed by atoms with Crippen molar-refractivity contribution in [2.24, 2.45) is 0 Å². The van der Waals surface area contributed by atoms with E-state index in [0.29, 0.717) is 6.04 Å². The highest BCUT2D eigenvalue weighted by Gasteiger charge is 2.32. The lowest BCUT2D eigenvalue weighted by atomic mass is 9.99. The first-order chi connectivity index (χ1) is 8.63. The number of hydrogen-bond acceptors (Lipinski definition) is 4. The second-order valence-electron chi connectivity index (χ2n) is 5.24. The number of nitrogens with zero attached hydrogens (tertiary/aromatic N) is 2. The predicted octanol–water partition coefficient (Wildman–Crippen LogP) is 1.77. The van der Waals surface area contributed by atoms with Gasteiger partial charge in [0.2, 0.25) is 0 Å². The second kappa shape index (κ2) is 7.73. The number of likely N-dealkylation sites (N-methyl/N-ethyl adjacent to an activating group) is 1. The van der Waals surface area contributed by atoms with Crippen molar-refractivity contribution >= 4 is 0 Å². The van der Waals surface area contributed by atoms with Crippen LogP contribution in [-0.4, -0.2) is 49.3 Å². The Morgan fingerprint density at radius 2 is 2.11 bits per heavy atom. The molecule has 104 valence electrons. The van der Waals surface area contributed by atoms with Gasteiger partial charge >= 0.3 is 0 Å². The van der Waals surface area contributed by atoms with Crippen LogP contribution in [0.25, 0.3) is 0 Å². The van der Waals surface area contributed by atoms with Crippen LogP contribution in [0.5, 0.6) is 0 Å². The Morgan fingerprint density at radius 3 is 2.61 bits per heavy atom. The van der Waals surface area contributed by atoms with Crippen LogP contribution in [0.2, 0.25) is 0 Å². The maximum absolute atomic E-state index is 9.31. The summed E-state index contributed by atoms with van der Waals surface area (Å²) in [5.41, 5.74) is -0.375. The maximum Gasteiger partial charge on any atom is 0.105 e. The van der Waals surface area contributed by atoms with Crippen molar-refractivity contribution in [3.63, 3.8) is 0 Å². The molecule has 0 aliphatic heterocycles. The largest absolute Gasteiger partial charge is 0.380 e. The van der Waals surface area contributed by atoms with Gasteiger partial charge in [-0.2, -0.15) is 5.26 Å². The normalized spacial score (nSPS) is 18.6. The van der Waals surface area contributed by atoms with E-state index in [9.17, 15) is 5.26 Å². The molecule has 1 unspecified atom stereocenters. The summed E-state index contributed by atoms with van der Waals surface area (Å²) in [5, 5.41) is 12.8. The minimum Gasteiger partial charge on any atom is -0.380 e. The van der Waals surface area contributed by atoms with E-state index in [2.05, 4.69) is 23.2 Å². The number of ether oxygens (including phenoxy) is 1. The van der Waals surface area contributed by atoms with E-state index in [0.717, 1.165) is 39.3 Å². The Labute approximate surface area is 111 Å². The van der Waals surface area contributed by atoms with Crippen molar-refractivity contribution in [1.82, 2.24) is 10.2 Å². The van der Waals surface area contributed by atoms with Crippen LogP contribution < -0.4 is 5.32 Å². The first-order valence-electron chi connectivity index (χ1n) is 7.12. The van der Waals surface area contributed by atoms with E-state index in [4.69, 9.17) is 4.74 Å². The molecule has 0 aromatic carbocycles. The molecule has 1 saturated carbocycles. The Morgan fingerprint density at radius 1 is 1.39 bits per heavy atom. The molecule has 4 nitrogen and oxygen atoms in total. The zero-order valence-electron chi connectivity index (χ0n) is 12.0. The molecule has 0 spiro atoms. The van der Waals surface area contributed by atoms with Gasteiger partial charge in [0.1, 0.15) is 5.54 Å². The zero-order valence-corrected chi connectivity index (χ0v) is 12.0. The average Bonchev–Trinajstić information content (AvgIpc) is 3.17. The summed E-state index contributed by atoms with van der Waals surface area (Å²) in [5.74, 6) is 0. The lowest BCUT2D eigenvalue weighted by Crippen LogP contribution is -2.45. The minimum absolute atomic E-state index is 0.375. The summed E-state index contributed by atoms with van der Waals surface area (Å²) in [6, 6.07) is 3.00. The lowest BCUT2D eigenvalue weighted by Gasteiger charge is -2.27.